The second-order valence-corrected chi connectivity index (χ2v) is 5.72. The molecule has 17 heavy (non-hydrogen) atoms. The highest BCUT2D eigenvalue weighted by molar-refractivity contribution is 7.46. The van der Waals surface area contributed by atoms with Crippen LogP contribution < -0.4 is 16.7 Å². The Labute approximate surface area is 101 Å². The summed E-state index contributed by atoms with van der Waals surface area (Å²) < 4.78 is 11.9. The van der Waals surface area contributed by atoms with Gasteiger partial charge in [-0.2, -0.15) is 0 Å². The van der Waals surface area contributed by atoms with Crippen molar-refractivity contribution in [1.29, 1.82) is 0 Å². The molecule has 0 aromatic heterocycles. The van der Waals surface area contributed by atoms with Gasteiger partial charge in [0.15, 0.2) is 0 Å². The van der Waals surface area contributed by atoms with E-state index in [4.69, 9.17) is 11.6 Å². The molecule has 0 bridgehead atoms. The number of hydrogen-bond donors (Lipinski definition) is 3. The van der Waals surface area contributed by atoms with Gasteiger partial charge in [-0.05, 0) is 17.4 Å². The molecule has 0 saturated carbocycles. The molecule has 1 rings (SSSR count). The Morgan fingerprint density at radius 3 is 2.88 bits per heavy atom. The van der Waals surface area contributed by atoms with Crippen molar-refractivity contribution in [2.75, 3.05) is 6.54 Å². The minimum atomic E-state index is -2.34. The van der Waals surface area contributed by atoms with Gasteiger partial charge in [-0.1, -0.05) is 6.92 Å². The first kappa shape index (κ1) is 14.0. The second kappa shape index (κ2) is 5.53. The summed E-state index contributed by atoms with van der Waals surface area (Å²) in [6.07, 6.45) is 1.74. The topological polar surface area (TPSA) is 119 Å². The summed E-state index contributed by atoms with van der Waals surface area (Å²) >= 11 is 0. The van der Waals surface area contributed by atoms with Crippen molar-refractivity contribution < 1.29 is 14.2 Å². The lowest BCUT2D eigenvalue weighted by atomic mass is 10.1. The number of hydrazine groups is 1. The van der Waals surface area contributed by atoms with Crippen LogP contribution >= 0.6 is 7.95 Å². The highest BCUT2D eigenvalue weighted by Gasteiger charge is 2.57. The van der Waals surface area contributed by atoms with Gasteiger partial charge in [0.05, 0.1) is 0 Å². The zero-order valence-corrected chi connectivity index (χ0v) is 10.7. The number of amides is 2. The van der Waals surface area contributed by atoms with Crippen LogP contribution in [0.15, 0.2) is 0 Å². The first-order chi connectivity index (χ1) is 7.91. The standard InChI is InChI=1S/C9H17N4O3P/c1-2-4-7(14)12-17(16)9(10)5-3-6-13(11)8(9)15/h2-6,10-11H2,1H3/p+1/t9-/m0/s1. The van der Waals surface area contributed by atoms with E-state index in [1.54, 1.807) is 0 Å². The fourth-order valence-corrected chi connectivity index (χ4v) is 2.86. The van der Waals surface area contributed by atoms with E-state index < -0.39 is 19.1 Å². The molecular formula is C9H18N4O3P+. The van der Waals surface area contributed by atoms with Gasteiger partial charge in [0.2, 0.25) is 0 Å². The van der Waals surface area contributed by atoms with Gasteiger partial charge in [-0.15, -0.1) is 5.09 Å². The molecule has 1 heterocycles. The monoisotopic (exact) mass is 261 g/mol. The molecule has 0 radical (unpaired) electrons. The first-order valence-electron chi connectivity index (χ1n) is 5.54. The van der Waals surface area contributed by atoms with Crippen molar-refractivity contribution in [1.82, 2.24) is 10.1 Å². The maximum Gasteiger partial charge on any atom is 0.494 e. The number of piperidine rings is 1. The fourth-order valence-electron chi connectivity index (χ4n) is 1.66. The van der Waals surface area contributed by atoms with Crippen LogP contribution in [0.25, 0.3) is 0 Å². The SMILES string of the molecule is CCCC(=O)N[P+](=O)[C@@]1(N)CCCN(N)C1=O. The van der Waals surface area contributed by atoms with E-state index in [1.165, 1.54) is 0 Å². The molecular weight excluding hydrogens is 243 g/mol. The van der Waals surface area contributed by atoms with Crippen LogP contribution in [0.3, 0.4) is 0 Å². The van der Waals surface area contributed by atoms with Crippen LogP contribution in [-0.2, 0) is 14.2 Å². The maximum absolute atomic E-state index is 11.9. The third-order valence-electron chi connectivity index (χ3n) is 2.65. The lowest BCUT2D eigenvalue weighted by Crippen LogP contribution is -2.60. The summed E-state index contributed by atoms with van der Waals surface area (Å²) in [4.78, 5) is 23.1. The Kier molecular flexibility index (Phi) is 4.56. The summed E-state index contributed by atoms with van der Waals surface area (Å²) in [5.41, 5.74) is 5.81. The molecule has 2 atom stereocenters. The molecule has 96 valence electrons. The van der Waals surface area contributed by atoms with Crippen LogP contribution in [0.5, 0.6) is 0 Å². The van der Waals surface area contributed by atoms with Crippen LogP contribution in [0, 0.1) is 0 Å². The molecule has 8 heteroatoms. The molecule has 0 aromatic carbocycles. The maximum atomic E-state index is 11.9. The molecule has 2 amide bonds. The van der Waals surface area contributed by atoms with Gasteiger partial charge in [0.1, 0.15) is 0 Å². The Hall–Kier alpha value is -1.04. The summed E-state index contributed by atoms with van der Waals surface area (Å²) in [6, 6.07) is 0. The van der Waals surface area contributed by atoms with Gasteiger partial charge < -0.3 is 0 Å². The summed E-state index contributed by atoms with van der Waals surface area (Å²) in [5.74, 6) is 4.50. The summed E-state index contributed by atoms with van der Waals surface area (Å²) in [7, 11) is -2.34. The molecule has 1 aliphatic rings. The quantitative estimate of drug-likeness (QED) is 0.368. The van der Waals surface area contributed by atoms with E-state index in [0.29, 0.717) is 19.4 Å². The highest BCUT2D eigenvalue weighted by Crippen LogP contribution is 2.38. The number of carbonyl (C=O) groups excluding carboxylic acids is 2. The lowest BCUT2D eigenvalue weighted by molar-refractivity contribution is -0.136. The lowest BCUT2D eigenvalue weighted by Gasteiger charge is -2.28. The smallest absolute Gasteiger partial charge is 0.275 e. The molecule has 1 saturated heterocycles. The van der Waals surface area contributed by atoms with Crippen molar-refractivity contribution in [3.8, 4) is 0 Å². The molecule has 5 N–H and O–H groups in total. The van der Waals surface area contributed by atoms with Crippen molar-refractivity contribution in [3.05, 3.63) is 0 Å². The largest absolute Gasteiger partial charge is 0.494 e. The molecule has 7 nitrogen and oxygen atoms in total. The van der Waals surface area contributed by atoms with Crippen LogP contribution in [0.1, 0.15) is 32.6 Å². The minimum Gasteiger partial charge on any atom is -0.275 e. The Morgan fingerprint density at radius 2 is 2.29 bits per heavy atom. The first-order valence-corrected chi connectivity index (χ1v) is 6.80. The van der Waals surface area contributed by atoms with Gasteiger partial charge in [0, 0.05) is 19.4 Å². The van der Waals surface area contributed by atoms with Crippen LogP contribution in [0.4, 0.5) is 0 Å². The van der Waals surface area contributed by atoms with Crippen molar-refractivity contribution in [3.63, 3.8) is 0 Å². The number of nitrogens with zero attached hydrogens (tertiary/aromatic N) is 1. The average Bonchev–Trinajstić information content (AvgIpc) is 2.26. The molecule has 1 unspecified atom stereocenters. The number of nitrogens with one attached hydrogen (secondary N) is 1. The highest BCUT2D eigenvalue weighted by atomic mass is 31.1. The molecule has 1 fully saturated rings. The van der Waals surface area contributed by atoms with E-state index in [9.17, 15) is 14.2 Å². The van der Waals surface area contributed by atoms with E-state index in [1.807, 2.05) is 6.92 Å². The average molecular weight is 261 g/mol. The molecule has 0 aromatic rings. The number of hydrogen-bond acceptors (Lipinski definition) is 5. The van der Waals surface area contributed by atoms with Crippen molar-refractivity contribution in [2.45, 2.75) is 37.9 Å². The molecule has 0 aliphatic carbocycles. The van der Waals surface area contributed by atoms with Crippen molar-refractivity contribution >= 4 is 19.8 Å². The second-order valence-electron chi connectivity index (χ2n) is 4.11. The van der Waals surface area contributed by atoms with E-state index in [-0.39, 0.29) is 18.7 Å². The minimum absolute atomic E-state index is 0.262. The fraction of sp³-hybridized carbons (Fsp3) is 0.778. The summed E-state index contributed by atoms with van der Waals surface area (Å²) in [5, 5.41) is 1.68. The van der Waals surface area contributed by atoms with Gasteiger partial charge in [-0.25, -0.2) is 5.84 Å². The van der Waals surface area contributed by atoms with E-state index >= 15 is 0 Å². The van der Waals surface area contributed by atoms with E-state index in [0.717, 1.165) is 5.01 Å². The number of carbonyl (C=O) groups is 2. The third-order valence-corrected chi connectivity index (χ3v) is 4.25. The zero-order chi connectivity index (χ0) is 13.1. The summed E-state index contributed by atoms with van der Waals surface area (Å²) in [6.45, 7) is 2.22. The Morgan fingerprint density at radius 1 is 1.65 bits per heavy atom. The van der Waals surface area contributed by atoms with Gasteiger partial charge in [0.25, 0.3) is 5.91 Å². The Bertz CT molecular complexity index is 349. The molecule has 0 spiro atoms. The van der Waals surface area contributed by atoms with Crippen molar-refractivity contribution in [2.24, 2.45) is 11.6 Å². The van der Waals surface area contributed by atoms with Gasteiger partial charge >= 0.3 is 19.1 Å². The Balaban J connectivity index is 2.72. The third kappa shape index (κ3) is 3.00. The predicted octanol–water partition coefficient (Wildman–Crippen LogP) is -0.204. The normalized spacial score (nSPS) is 25.7. The van der Waals surface area contributed by atoms with Gasteiger partial charge in [-0.3, -0.25) is 20.3 Å². The number of rotatable bonds is 4. The van der Waals surface area contributed by atoms with Crippen LogP contribution in [-0.4, -0.2) is 28.6 Å². The number of nitrogens with two attached hydrogens (primary N) is 2. The predicted molar refractivity (Wildman–Crippen MR) is 62.7 cm³/mol. The van der Waals surface area contributed by atoms with E-state index in [2.05, 4.69) is 5.09 Å². The zero-order valence-electron chi connectivity index (χ0n) is 9.81. The molecule has 1 aliphatic heterocycles. The van der Waals surface area contributed by atoms with Crippen LogP contribution in [0.2, 0.25) is 0 Å².